The number of esters is 1. The van der Waals surface area contributed by atoms with Gasteiger partial charge in [-0.15, -0.1) is 0 Å². The van der Waals surface area contributed by atoms with Gasteiger partial charge in [-0.05, 0) is 86.6 Å². The van der Waals surface area contributed by atoms with Crippen LogP contribution in [0.4, 0.5) is 0 Å². The zero-order chi connectivity index (χ0) is 26.9. The van der Waals surface area contributed by atoms with Gasteiger partial charge in [0.2, 0.25) is 0 Å². The van der Waals surface area contributed by atoms with Crippen LogP contribution >= 0.6 is 0 Å². The lowest BCUT2D eigenvalue weighted by Crippen LogP contribution is -2.44. The van der Waals surface area contributed by atoms with E-state index in [9.17, 15) is 4.79 Å². The molecule has 0 aliphatic carbocycles. The van der Waals surface area contributed by atoms with Crippen molar-refractivity contribution in [3.05, 3.63) is 57.6 Å². The second-order valence-corrected chi connectivity index (χ2v) is 16.9. The molecular weight excluding hydrogens is 464 g/mol. The summed E-state index contributed by atoms with van der Waals surface area (Å²) in [5, 5.41) is 0.127. The maximum atomic E-state index is 12.5. The summed E-state index contributed by atoms with van der Waals surface area (Å²) in [6.07, 6.45) is 5.13. The second-order valence-electron chi connectivity index (χ2n) is 12.2. The molecule has 4 nitrogen and oxygen atoms in total. The Morgan fingerprint density at radius 3 is 2.22 bits per heavy atom. The molecule has 0 radical (unpaired) electrons. The number of ether oxygens (including phenoxy) is 2. The Kier molecular flexibility index (Phi) is 8.34. The lowest BCUT2D eigenvalue weighted by Gasteiger charge is -2.38. The van der Waals surface area contributed by atoms with Gasteiger partial charge < -0.3 is 13.9 Å². The third-order valence-corrected chi connectivity index (χ3v) is 12.6. The van der Waals surface area contributed by atoms with Crippen LogP contribution in [0, 0.1) is 20.8 Å². The number of fused-ring (bicyclic) bond motifs is 1. The van der Waals surface area contributed by atoms with Crippen LogP contribution in [0.5, 0.6) is 11.5 Å². The molecule has 36 heavy (non-hydrogen) atoms. The van der Waals surface area contributed by atoms with Gasteiger partial charge in [-0.25, -0.2) is 4.79 Å². The highest BCUT2D eigenvalue weighted by molar-refractivity contribution is 6.74. The van der Waals surface area contributed by atoms with Crippen LogP contribution in [-0.2, 0) is 16.8 Å². The predicted molar refractivity (Wildman–Crippen MR) is 151 cm³/mol. The normalized spacial score (nSPS) is 17.5. The van der Waals surface area contributed by atoms with Crippen LogP contribution < -0.4 is 9.16 Å². The third kappa shape index (κ3) is 5.66. The average Bonchev–Trinajstić information content (AvgIpc) is 3.19. The van der Waals surface area contributed by atoms with Gasteiger partial charge in [-0.1, -0.05) is 59.1 Å². The molecule has 2 aromatic carbocycles. The second kappa shape index (κ2) is 10.6. The van der Waals surface area contributed by atoms with E-state index in [0.29, 0.717) is 12.2 Å². The largest absolute Gasteiger partial charge is 0.543 e. The first kappa shape index (κ1) is 28.3. The Balaban J connectivity index is 1.81. The maximum absolute atomic E-state index is 12.5. The maximum Gasteiger partial charge on any atom is 0.338 e. The molecule has 1 aliphatic heterocycles. The van der Waals surface area contributed by atoms with Gasteiger partial charge in [0.15, 0.2) is 0 Å². The van der Waals surface area contributed by atoms with Crippen molar-refractivity contribution in [2.24, 2.45) is 0 Å². The summed E-state index contributed by atoms with van der Waals surface area (Å²) in [5.41, 5.74) is 5.87. The van der Waals surface area contributed by atoms with E-state index < -0.39 is 13.9 Å². The van der Waals surface area contributed by atoms with Crippen molar-refractivity contribution >= 4 is 14.3 Å². The molecule has 0 N–H and O–H groups in total. The van der Waals surface area contributed by atoms with E-state index in [1.165, 1.54) is 24.0 Å². The van der Waals surface area contributed by atoms with Crippen LogP contribution in [0.3, 0.4) is 0 Å². The first-order valence-electron chi connectivity index (χ1n) is 13.5. The van der Waals surface area contributed by atoms with Crippen molar-refractivity contribution in [1.29, 1.82) is 0 Å². The van der Waals surface area contributed by atoms with E-state index >= 15 is 0 Å². The molecule has 1 unspecified atom stereocenters. The molecule has 2 aromatic rings. The van der Waals surface area contributed by atoms with Gasteiger partial charge in [-0.3, -0.25) is 0 Å². The zero-order valence-electron chi connectivity index (χ0n) is 24.2. The molecule has 0 fully saturated rings. The molecule has 0 saturated heterocycles. The van der Waals surface area contributed by atoms with E-state index in [1.54, 1.807) is 0 Å². The molecule has 0 saturated carbocycles. The van der Waals surface area contributed by atoms with E-state index in [4.69, 9.17) is 13.9 Å². The quantitative estimate of drug-likeness (QED) is 0.192. The Morgan fingerprint density at radius 1 is 1.00 bits per heavy atom. The van der Waals surface area contributed by atoms with Gasteiger partial charge in [0.05, 0.1) is 12.2 Å². The SMILES string of the molecule is CCCCCCOC(=O)c1ccc(C2(C)Cc3c(C)c(O[Si](C)(C)C(C)(C)C)c(C)c(C)c3O2)cc1. The van der Waals surface area contributed by atoms with Gasteiger partial charge in [-0.2, -0.15) is 0 Å². The zero-order valence-corrected chi connectivity index (χ0v) is 25.2. The Hall–Kier alpha value is -2.27. The fraction of sp³-hybridized carbons (Fsp3) is 0.581. The third-order valence-electron chi connectivity index (χ3n) is 8.28. The standard InChI is InChI=1S/C31H46O4Si/c1-11-12-13-14-19-33-29(32)24-15-17-25(18-16-24)31(8)20-26-23(4)27(21(2)22(3)28(26)34-31)35-36(9,10)30(5,6)7/h15-18H,11-14,19-20H2,1-10H3. The minimum absolute atomic E-state index is 0.127. The minimum Gasteiger partial charge on any atom is -0.543 e. The predicted octanol–water partition coefficient (Wildman–Crippen LogP) is 8.58. The summed E-state index contributed by atoms with van der Waals surface area (Å²) in [6, 6.07) is 7.73. The Bertz CT molecular complexity index is 1100. The van der Waals surface area contributed by atoms with Crippen molar-refractivity contribution in [2.45, 2.75) is 111 Å². The van der Waals surface area contributed by atoms with Crippen molar-refractivity contribution in [2.75, 3.05) is 6.61 Å². The Labute approximate surface area is 219 Å². The van der Waals surface area contributed by atoms with Gasteiger partial charge in [0.1, 0.15) is 17.1 Å². The molecule has 1 atom stereocenters. The van der Waals surface area contributed by atoms with Crippen LogP contribution in [-0.4, -0.2) is 20.9 Å². The van der Waals surface area contributed by atoms with E-state index in [2.05, 4.69) is 68.5 Å². The number of rotatable bonds is 9. The average molecular weight is 511 g/mol. The van der Waals surface area contributed by atoms with Gasteiger partial charge in [0, 0.05) is 12.0 Å². The summed E-state index contributed by atoms with van der Waals surface area (Å²) in [5.74, 6) is 1.75. The smallest absolute Gasteiger partial charge is 0.338 e. The van der Waals surface area contributed by atoms with Crippen molar-refractivity contribution in [3.63, 3.8) is 0 Å². The number of hydrogen-bond acceptors (Lipinski definition) is 4. The highest BCUT2D eigenvalue weighted by Crippen LogP contribution is 2.50. The molecule has 1 aliphatic rings. The van der Waals surface area contributed by atoms with E-state index in [1.807, 2.05) is 24.3 Å². The first-order chi connectivity index (χ1) is 16.7. The topological polar surface area (TPSA) is 44.8 Å². The van der Waals surface area contributed by atoms with Gasteiger partial charge >= 0.3 is 5.97 Å². The van der Waals surface area contributed by atoms with Crippen molar-refractivity contribution in [1.82, 2.24) is 0 Å². The molecule has 0 aromatic heterocycles. The fourth-order valence-electron chi connectivity index (χ4n) is 4.56. The number of carbonyl (C=O) groups excluding carboxylic acids is 1. The van der Waals surface area contributed by atoms with E-state index in [-0.39, 0.29) is 11.0 Å². The number of carbonyl (C=O) groups is 1. The van der Waals surface area contributed by atoms with Crippen LogP contribution in [0.25, 0.3) is 0 Å². The molecule has 0 bridgehead atoms. The fourth-order valence-corrected chi connectivity index (χ4v) is 5.69. The molecule has 5 heteroatoms. The number of hydrogen-bond donors (Lipinski definition) is 0. The summed E-state index contributed by atoms with van der Waals surface area (Å²) >= 11 is 0. The van der Waals surface area contributed by atoms with Crippen LogP contribution in [0.1, 0.15) is 98.5 Å². The molecule has 0 amide bonds. The van der Waals surface area contributed by atoms with Crippen LogP contribution in [0.15, 0.2) is 24.3 Å². The molecule has 0 spiro atoms. The lowest BCUT2D eigenvalue weighted by atomic mass is 9.88. The number of unbranched alkanes of at least 4 members (excludes halogenated alkanes) is 3. The van der Waals surface area contributed by atoms with Crippen molar-refractivity contribution in [3.8, 4) is 11.5 Å². The number of benzene rings is 2. The van der Waals surface area contributed by atoms with E-state index in [0.717, 1.165) is 47.5 Å². The minimum atomic E-state index is -1.98. The Morgan fingerprint density at radius 2 is 1.64 bits per heavy atom. The molecule has 1 heterocycles. The summed E-state index contributed by atoms with van der Waals surface area (Å²) < 4.78 is 19.0. The summed E-state index contributed by atoms with van der Waals surface area (Å²) in [7, 11) is -1.98. The summed E-state index contributed by atoms with van der Waals surface area (Å²) in [4.78, 5) is 12.5. The summed E-state index contributed by atoms with van der Waals surface area (Å²) in [6.45, 7) is 22.7. The van der Waals surface area contributed by atoms with Crippen molar-refractivity contribution < 1.29 is 18.7 Å². The van der Waals surface area contributed by atoms with Gasteiger partial charge in [0.25, 0.3) is 8.32 Å². The molecular formula is C31H46O4Si. The highest BCUT2D eigenvalue weighted by atomic mass is 28.4. The monoisotopic (exact) mass is 510 g/mol. The first-order valence-corrected chi connectivity index (χ1v) is 16.4. The lowest BCUT2D eigenvalue weighted by molar-refractivity contribution is 0.0497. The molecule has 3 rings (SSSR count). The molecule has 198 valence electrons. The highest BCUT2D eigenvalue weighted by Gasteiger charge is 2.43. The van der Waals surface area contributed by atoms with Crippen LogP contribution in [0.2, 0.25) is 18.1 Å².